The summed E-state index contributed by atoms with van der Waals surface area (Å²) in [6.07, 6.45) is 2.47. The third-order valence-corrected chi connectivity index (χ3v) is 6.76. The molecule has 20 heavy (non-hydrogen) atoms. The van der Waals surface area contributed by atoms with Gasteiger partial charge in [0.25, 0.3) is 0 Å². The van der Waals surface area contributed by atoms with Gasteiger partial charge in [0.05, 0.1) is 0 Å². The first-order valence-corrected chi connectivity index (χ1v) is 8.19. The molecule has 0 aromatic heterocycles. The van der Waals surface area contributed by atoms with E-state index in [1.807, 2.05) is 12.1 Å². The zero-order valence-corrected chi connectivity index (χ0v) is 13.8. The van der Waals surface area contributed by atoms with E-state index in [-0.39, 0.29) is 0 Å². The molecule has 0 aliphatic heterocycles. The summed E-state index contributed by atoms with van der Waals surface area (Å²) in [6, 6.07) is 8.97. The van der Waals surface area contributed by atoms with Gasteiger partial charge in [-0.1, -0.05) is 57.5 Å². The minimum atomic E-state index is 0.492. The van der Waals surface area contributed by atoms with Crippen LogP contribution in [0.5, 0.6) is 0 Å². The van der Waals surface area contributed by atoms with Crippen LogP contribution in [-0.4, -0.2) is 12.6 Å². The molecule has 0 bridgehead atoms. The molecule has 0 radical (unpaired) electrons. The first-order chi connectivity index (χ1) is 9.34. The Morgan fingerprint density at radius 1 is 1.10 bits per heavy atom. The Balaban J connectivity index is 1.47. The van der Waals surface area contributed by atoms with Gasteiger partial charge in [0.15, 0.2) is 0 Å². The van der Waals surface area contributed by atoms with Crippen LogP contribution in [-0.2, 0) is 0 Å². The maximum absolute atomic E-state index is 6.27. The average molecular weight is 292 g/mol. The summed E-state index contributed by atoms with van der Waals surface area (Å²) < 4.78 is 0. The van der Waals surface area contributed by atoms with Crippen molar-refractivity contribution in [3.63, 3.8) is 0 Å². The molecule has 0 saturated heterocycles. The highest BCUT2D eigenvalue weighted by atomic mass is 35.5. The predicted octanol–water partition coefficient (Wildman–Crippen LogP) is 4.86. The summed E-state index contributed by atoms with van der Waals surface area (Å²) in [5.41, 5.74) is 2.32. The number of hydrogen-bond donors (Lipinski definition) is 1. The van der Waals surface area contributed by atoms with Crippen LogP contribution >= 0.6 is 11.6 Å². The van der Waals surface area contributed by atoms with Gasteiger partial charge in [-0.15, -0.1) is 0 Å². The maximum atomic E-state index is 6.27. The first kappa shape index (κ1) is 14.4. The maximum Gasteiger partial charge on any atom is 0.0440 e. The number of rotatable bonds is 4. The summed E-state index contributed by atoms with van der Waals surface area (Å²) in [5, 5.41) is 4.70. The van der Waals surface area contributed by atoms with E-state index in [0.29, 0.717) is 22.8 Å². The average Bonchev–Trinajstić information content (AvgIpc) is 2.71. The Hall–Kier alpha value is -0.530. The van der Waals surface area contributed by atoms with E-state index in [1.54, 1.807) is 0 Å². The zero-order chi connectivity index (χ0) is 14.5. The molecule has 1 N–H and O–H groups in total. The Morgan fingerprint density at radius 2 is 1.70 bits per heavy atom. The molecule has 0 heterocycles. The van der Waals surface area contributed by atoms with Crippen molar-refractivity contribution in [2.24, 2.45) is 16.7 Å². The Kier molecular flexibility index (Phi) is 3.42. The predicted molar refractivity (Wildman–Crippen MR) is 86.3 cm³/mol. The van der Waals surface area contributed by atoms with E-state index in [9.17, 15) is 0 Å². The molecule has 2 aliphatic rings. The van der Waals surface area contributed by atoms with Gasteiger partial charge < -0.3 is 5.32 Å². The SMILES string of the molecule is CC1(C)C(CNC2CC(c3ccccc3Cl)C2)C1(C)C. The van der Waals surface area contributed by atoms with Gasteiger partial charge in [-0.2, -0.15) is 0 Å². The topological polar surface area (TPSA) is 12.0 Å². The third kappa shape index (κ3) is 2.19. The summed E-state index contributed by atoms with van der Waals surface area (Å²) in [6.45, 7) is 10.7. The second-order valence-electron chi connectivity index (χ2n) is 7.79. The van der Waals surface area contributed by atoms with Gasteiger partial charge in [0, 0.05) is 11.1 Å². The fourth-order valence-corrected chi connectivity index (χ4v) is 4.26. The second kappa shape index (κ2) is 4.74. The molecule has 1 aromatic carbocycles. The molecule has 2 heteroatoms. The minimum Gasteiger partial charge on any atom is -0.314 e. The van der Waals surface area contributed by atoms with E-state index < -0.39 is 0 Å². The van der Waals surface area contributed by atoms with E-state index in [4.69, 9.17) is 11.6 Å². The van der Waals surface area contributed by atoms with Crippen LogP contribution in [0.15, 0.2) is 24.3 Å². The number of nitrogens with one attached hydrogen (secondary N) is 1. The van der Waals surface area contributed by atoms with Gasteiger partial charge >= 0.3 is 0 Å². The van der Waals surface area contributed by atoms with Crippen LogP contribution in [0.2, 0.25) is 5.02 Å². The second-order valence-corrected chi connectivity index (χ2v) is 8.20. The molecule has 110 valence electrons. The summed E-state index contributed by atoms with van der Waals surface area (Å²) in [5.74, 6) is 1.47. The van der Waals surface area contributed by atoms with E-state index >= 15 is 0 Å². The molecule has 1 nitrogen and oxygen atoms in total. The van der Waals surface area contributed by atoms with E-state index in [1.165, 1.54) is 24.9 Å². The highest BCUT2D eigenvalue weighted by Crippen LogP contribution is 2.68. The first-order valence-electron chi connectivity index (χ1n) is 7.82. The quantitative estimate of drug-likeness (QED) is 0.835. The highest BCUT2D eigenvalue weighted by Gasteiger charge is 2.64. The fourth-order valence-electron chi connectivity index (χ4n) is 3.97. The highest BCUT2D eigenvalue weighted by molar-refractivity contribution is 6.31. The molecule has 0 atom stereocenters. The Morgan fingerprint density at radius 3 is 2.25 bits per heavy atom. The van der Waals surface area contributed by atoms with Crippen molar-refractivity contribution in [3.05, 3.63) is 34.9 Å². The van der Waals surface area contributed by atoms with Gasteiger partial charge in [-0.05, 0) is 53.7 Å². The van der Waals surface area contributed by atoms with Crippen LogP contribution in [0.1, 0.15) is 52.0 Å². The Bertz CT molecular complexity index is 486. The van der Waals surface area contributed by atoms with E-state index in [2.05, 4.69) is 45.1 Å². The van der Waals surface area contributed by atoms with Crippen molar-refractivity contribution in [2.75, 3.05) is 6.54 Å². The molecule has 0 amide bonds. The van der Waals surface area contributed by atoms with Crippen LogP contribution in [0.25, 0.3) is 0 Å². The van der Waals surface area contributed by atoms with Crippen molar-refractivity contribution in [1.29, 1.82) is 0 Å². The molecule has 2 fully saturated rings. The van der Waals surface area contributed by atoms with Crippen molar-refractivity contribution in [2.45, 2.75) is 52.5 Å². The van der Waals surface area contributed by atoms with Crippen LogP contribution in [0.4, 0.5) is 0 Å². The monoisotopic (exact) mass is 291 g/mol. The van der Waals surface area contributed by atoms with Crippen molar-refractivity contribution >= 4 is 11.6 Å². The minimum absolute atomic E-state index is 0.492. The van der Waals surface area contributed by atoms with Crippen molar-refractivity contribution in [1.82, 2.24) is 5.32 Å². The fraction of sp³-hybridized carbons (Fsp3) is 0.667. The summed E-state index contributed by atoms with van der Waals surface area (Å²) >= 11 is 6.27. The molecule has 0 spiro atoms. The lowest BCUT2D eigenvalue weighted by Crippen LogP contribution is -2.41. The summed E-state index contributed by atoms with van der Waals surface area (Å²) in [7, 11) is 0. The molecule has 2 aliphatic carbocycles. The van der Waals surface area contributed by atoms with Crippen molar-refractivity contribution < 1.29 is 0 Å². The lowest BCUT2D eigenvalue weighted by Gasteiger charge is -2.37. The molecule has 0 unspecified atom stereocenters. The van der Waals surface area contributed by atoms with Gasteiger partial charge in [-0.25, -0.2) is 0 Å². The van der Waals surface area contributed by atoms with Crippen LogP contribution in [0.3, 0.4) is 0 Å². The lowest BCUT2D eigenvalue weighted by molar-refractivity contribution is 0.282. The number of hydrogen-bond acceptors (Lipinski definition) is 1. The number of benzene rings is 1. The van der Waals surface area contributed by atoms with Crippen molar-refractivity contribution in [3.8, 4) is 0 Å². The largest absolute Gasteiger partial charge is 0.314 e. The standard InChI is InChI=1S/C18H26ClN/c1-17(2)16(18(17,3)4)11-20-13-9-12(10-13)14-7-5-6-8-15(14)19/h5-8,12-13,16,20H,9-11H2,1-4H3. The molecular weight excluding hydrogens is 266 g/mol. The van der Waals surface area contributed by atoms with Gasteiger partial charge in [0.2, 0.25) is 0 Å². The lowest BCUT2D eigenvalue weighted by atomic mass is 9.76. The third-order valence-electron chi connectivity index (χ3n) is 6.41. The van der Waals surface area contributed by atoms with Gasteiger partial charge in [-0.3, -0.25) is 0 Å². The normalized spacial score (nSPS) is 30.9. The molecule has 2 saturated carbocycles. The summed E-state index contributed by atoms with van der Waals surface area (Å²) in [4.78, 5) is 0. The zero-order valence-electron chi connectivity index (χ0n) is 13.0. The molecular formula is C18H26ClN. The molecule has 1 aromatic rings. The Labute approximate surface area is 128 Å². The van der Waals surface area contributed by atoms with Gasteiger partial charge in [0.1, 0.15) is 0 Å². The smallest absolute Gasteiger partial charge is 0.0440 e. The number of halogens is 1. The molecule has 3 rings (SSSR count). The van der Waals surface area contributed by atoms with Crippen LogP contribution < -0.4 is 5.32 Å². The van der Waals surface area contributed by atoms with E-state index in [0.717, 1.165) is 10.9 Å². The van der Waals surface area contributed by atoms with Crippen LogP contribution in [0, 0.1) is 16.7 Å².